The Morgan fingerprint density at radius 1 is 0.491 bits per heavy atom. The van der Waals surface area contributed by atoms with Crippen LogP contribution in [0.25, 0.3) is 16.0 Å². The Morgan fingerprint density at radius 2 is 0.904 bits per heavy atom. The molecular formula is C95H122BrN5O12S. The minimum atomic E-state index is -4.12. The molecule has 21 atom stereocenters. The summed E-state index contributed by atoms with van der Waals surface area (Å²) in [5.41, 5.74) is 21.6. The number of rotatable bonds is 3. The Bertz CT molecular complexity index is 4430. The van der Waals surface area contributed by atoms with E-state index in [2.05, 4.69) is 195 Å². The normalized spacial score (nSPS) is 38.2. The Kier molecular flexibility index (Phi) is 30.3. The summed E-state index contributed by atoms with van der Waals surface area (Å²) in [6.45, 7) is 53.9. The number of nitrogens with zero attached hydrogens (tertiary/aromatic N) is 5. The Balaban J connectivity index is 0.000000192. The van der Waals surface area contributed by atoms with Crippen molar-refractivity contribution < 1.29 is 61.5 Å². The van der Waals surface area contributed by atoms with Gasteiger partial charge in [-0.2, -0.15) is 4.79 Å². The highest BCUT2D eigenvalue weighted by Crippen LogP contribution is 2.68. The van der Waals surface area contributed by atoms with E-state index >= 15 is 0 Å². The van der Waals surface area contributed by atoms with Crippen LogP contribution < -0.4 is 0 Å². The van der Waals surface area contributed by atoms with E-state index in [4.69, 9.17) is 10.6 Å². The Labute approximate surface area is 686 Å². The number of carboxylic acid groups (broad SMARTS) is 1. The van der Waals surface area contributed by atoms with Crippen molar-refractivity contribution in [1.29, 1.82) is 0 Å². The van der Waals surface area contributed by atoms with Gasteiger partial charge in [0.1, 0.15) is 23.1 Å². The van der Waals surface area contributed by atoms with Crippen molar-refractivity contribution in [2.75, 3.05) is 0 Å². The van der Waals surface area contributed by atoms with Crippen LogP contribution >= 0.6 is 15.9 Å². The Morgan fingerprint density at radius 3 is 1.39 bits per heavy atom. The topological polar surface area (TPSA) is 293 Å². The molecule has 19 heteroatoms. The van der Waals surface area contributed by atoms with Crippen LogP contribution in [0, 0.1) is 114 Å². The number of alkyl halides is 1. The molecule has 10 fully saturated rings. The molecule has 0 aliphatic heterocycles. The number of ketones is 8. The fourth-order valence-corrected chi connectivity index (χ4v) is 26.4. The first-order valence-corrected chi connectivity index (χ1v) is 42.9. The van der Waals surface area contributed by atoms with Gasteiger partial charge in [0.25, 0.3) is 15.8 Å². The number of carbonyl (C=O) groups excluding carboxylic acids is 8. The molecule has 612 valence electrons. The van der Waals surface area contributed by atoms with Crippen molar-refractivity contribution in [3.63, 3.8) is 0 Å². The zero-order chi connectivity index (χ0) is 85.2. The smallest absolute Gasteiger partial charge is 0.365 e. The lowest BCUT2D eigenvalue weighted by atomic mass is 9.48. The number of halogens is 1. The predicted octanol–water partition coefficient (Wildman–Crippen LogP) is 21.3. The summed E-state index contributed by atoms with van der Waals surface area (Å²) in [4.78, 5) is 113. The molecule has 16 aliphatic carbocycles. The summed E-state index contributed by atoms with van der Waals surface area (Å²) in [6.07, 6.45) is 45.1. The lowest BCUT2D eigenvalue weighted by molar-refractivity contribution is -0.132. The van der Waals surface area contributed by atoms with E-state index in [1.54, 1.807) is 24.3 Å². The molecule has 1 N–H and O–H groups in total. The Hall–Kier alpha value is -8.47. The summed E-state index contributed by atoms with van der Waals surface area (Å²) >= 11 is 3.85. The molecular weight excluding hydrogens is 1520 g/mol. The molecule has 0 saturated heterocycles. The van der Waals surface area contributed by atoms with E-state index in [1.807, 2.05) is 18.2 Å². The van der Waals surface area contributed by atoms with Crippen LogP contribution in [0.15, 0.2) is 208 Å². The predicted molar refractivity (Wildman–Crippen MR) is 456 cm³/mol. The molecule has 1 aromatic rings. The SMILES string of the molecule is C=C.C=C.C=C.C=C.C=C.C=C.C[C@]12C=CC(=O)C(=[N+]=[N-])C1=CC[C@@H]1[C@@H]2CC[C@]2(C)C(=O)CC[C@@H]12.C[C@]12C=CC(=O)C=C1CC[C@@H]1[C@@H]2CC[C@]2(C)C(=O)CC[C@@H]12.C[C@]12C=CC(=O)C=C1[C@H](Br)C[C@@H]1[C@@H]2CC[C@]2(C)C(=O)CC[C@@H]12.C[C@]12C=CC(=O)CC1=CC[C@@H]1[C@@H]2CC[C@]2(C)C(=O)CC[C@@H]12.[N-]=[N+]=NS(=O)(=O)c1cccc(C(=O)O)c1. The van der Waals surface area contributed by atoms with Crippen LogP contribution in [0.1, 0.15) is 207 Å². The number of hydrogen-bond donors (Lipinski definition) is 1. The van der Waals surface area contributed by atoms with Crippen molar-refractivity contribution >= 4 is 83.9 Å². The number of fused-ring (bicyclic) bond motifs is 20. The maximum Gasteiger partial charge on any atom is 0.365 e. The van der Waals surface area contributed by atoms with Crippen molar-refractivity contribution in [3.05, 3.63) is 220 Å². The van der Waals surface area contributed by atoms with Gasteiger partial charge in [-0.25, -0.2) is 13.2 Å². The van der Waals surface area contributed by atoms with Crippen LogP contribution in [0.2, 0.25) is 0 Å². The van der Waals surface area contributed by atoms with E-state index in [0.29, 0.717) is 101 Å². The molecule has 17 rings (SSSR count). The van der Waals surface area contributed by atoms with Crippen molar-refractivity contribution in [2.45, 2.75) is 206 Å². The molecule has 10 saturated carbocycles. The number of Topliss-reactive ketones (excluding diaryl/α,β-unsaturated/α-hetero) is 4. The molecule has 0 aromatic heterocycles. The maximum absolute atomic E-state index is 12.4. The second-order valence-electron chi connectivity index (χ2n) is 34.7. The van der Waals surface area contributed by atoms with E-state index in [0.717, 1.165) is 146 Å². The van der Waals surface area contributed by atoms with Gasteiger partial charge in [0.15, 0.2) is 17.3 Å². The third-order valence-electron chi connectivity index (χ3n) is 30.5. The van der Waals surface area contributed by atoms with Gasteiger partial charge < -0.3 is 10.6 Å². The molecule has 1 aromatic carbocycles. The number of allylic oxidation sites excluding steroid dienone is 16. The summed E-state index contributed by atoms with van der Waals surface area (Å²) in [5.74, 6) is 7.66. The second-order valence-corrected chi connectivity index (χ2v) is 37.4. The molecule has 0 amide bonds. The standard InChI is InChI=1S/C19H23BrO2.C19H22N2O2.2C19H24O2.C7H5N3O4S.6C2H4/c1-18-7-5-11(21)9-15(18)16(20)10-12-13-3-4-17(22)19(13,2)8-6-14(12)18;1-18-10-8-15(22)17(21-20)14(18)4-3-11-12-5-6-16(23)19(12,2)9-7-13(11)18;2*1-18-9-7-13(20)11-12(18)3-4-14-15-5-6-17(21)19(15,2)10-8-16(14)18;8-9-10-15(13,14)6-3-1-2-5(4-6)7(11)12;6*1-2/h5,7,9,12-14,16H,3-4,6,8,10H2,1-2H3;4,8,10-13H,3,5-7,9H2,1-2H3;7,9,11,14-16H,3-6,8,10H2,1-2H3;3,7,9,14-16H,4-6,8,10-11H2,1-2H3;1-4H,(H,11,12);6*1-2H2/t12-,13-,14-,16+,18+,19-;11-,12-,13-,18+,19-;2*14-,15-,16-,18-,19-;;;;;;;/m0000......./s1. The number of aromatic carboxylic acids is 1. The first-order valence-electron chi connectivity index (χ1n) is 40.5. The van der Waals surface area contributed by atoms with E-state index in [-0.39, 0.29) is 87.5 Å². The van der Waals surface area contributed by atoms with Gasteiger partial charge in [0.2, 0.25) is 0 Å². The van der Waals surface area contributed by atoms with E-state index in [9.17, 15) is 57.1 Å². The molecule has 0 radical (unpaired) electrons. The third-order valence-corrected chi connectivity index (χ3v) is 32.5. The number of benzene rings is 1. The van der Waals surface area contributed by atoms with Gasteiger partial charge in [-0.1, -0.05) is 125 Å². The van der Waals surface area contributed by atoms with Gasteiger partial charge in [0, 0.05) is 89.7 Å². The van der Waals surface area contributed by atoms with Crippen LogP contribution in [0.5, 0.6) is 0 Å². The average molecular weight is 1640 g/mol. The lowest BCUT2D eigenvalue weighted by Crippen LogP contribution is -2.52. The van der Waals surface area contributed by atoms with Gasteiger partial charge in [-0.3, -0.25) is 38.4 Å². The number of carbonyl (C=O) groups is 9. The second kappa shape index (κ2) is 37.2. The maximum atomic E-state index is 12.4. The highest BCUT2D eigenvalue weighted by molar-refractivity contribution is 9.09. The van der Waals surface area contributed by atoms with Crippen molar-refractivity contribution in [1.82, 2.24) is 0 Å². The summed E-state index contributed by atoms with van der Waals surface area (Å²) < 4.78 is 25.0. The largest absolute Gasteiger partial charge is 0.478 e. The third kappa shape index (κ3) is 16.5. The van der Waals surface area contributed by atoms with Gasteiger partial charge >= 0.3 is 11.7 Å². The quantitative estimate of drug-likeness (QED) is 0.0971. The molecule has 0 unspecified atom stereocenters. The highest BCUT2D eigenvalue weighted by atomic mass is 79.9. The van der Waals surface area contributed by atoms with Crippen LogP contribution in [-0.4, -0.2) is 81.1 Å². The van der Waals surface area contributed by atoms with Crippen molar-refractivity contribution in [3.8, 4) is 0 Å². The average Bonchev–Trinajstić information content (AvgIpc) is 1.38. The highest BCUT2D eigenvalue weighted by Gasteiger charge is 2.64. The van der Waals surface area contributed by atoms with E-state index in [1.165, 1.54) is 35.3 Å². The van der Waals surface area contributed by atoms with Gasteiger partial charge in [-0.15, -0.1) is 78.9 Å². The number of azide groups is 1. The number of carboxylic acids is 1. The number of sulfonamides is 1. The van der Waals surface area contributed by atoms with Crippen molar-refractivity contribution in [2.24, 2.45) is 119 Å². The van der Waals surface area contributed by atoms with Gasteiger partial charge in [0.05, 0.1) is 16.0 Å². The number of hydrogen-bond acceptors (Lipinski definition) is 11. The van der Waals surface area contributed by atoms with Crippen LogP contribution in [0.3, 0.4) is 0 Å². The van der Waals surface area contributed by atoms with Crippen LogP contribution in [-0.2, 0) is 48.4 Å². The molecule has 17 nitrogen and oxygen atoms in total. The first-order chi connectivity index (χ1) is 54.1. The van der Waals surface area contributed by atoms with E-state index < -0.39 is 16.0 Å². The summed E-state index contributed by atoms with van der Waals surface area (Å²) in [6, 6.07) is 4.56. The molecule has 114 heavy (non-hydrogen) atoms. The molecule has 0 heterocycles. The zero-order valence-electron chi connectivity index (χ0n) is 68.7. The fourth-order valence-electron chi connectivity index (χ4n) is 24.6. The molecule has 0 spiro atoms. The van der Waals surface area contributed by atoms with Crippen LogP contribution in [0.4, 0.5) is 0 Å². The fraction of sp³-hybridized carbons (Fsp3) is 0.537. The summed E-state index contributed by atoms with van der Waals surface area (Å²) in [5, 5.41) is 8.61. The lowest BCUT2D eigenvalue weighted by Gasteiger charge is -2.56. The van der Waals surface area contributed by atoms with Gasteiger partial charge in [-0.05, 0) is 246 Å². The minimum Gasteiger partial charge on any atom is -0.478 e. The minimum absolute atomic E-state index is 0.0159. The monoisotopic (exact) mass is 1640 g/mol. The molecule has 16 aliphatic rings. The summed E-state index contributed by atoms with van der Waals surface area (Å²) in [7, 11) is -4.12. The zero-order valence-corrected chi connectivity index (χ0v) is 71.1. The first kappa shape index (κ1) is 92.7. The molecule has 0 bridgehead atoms.